The molecule has 0 spiro atoms. The van der Waals surface area contributed by atoms with Crippen LogP contribution < -0.4 is 4.74 Å². The van der Waals surface area contributed by atoms with E-state index < -0.39 is 9.84 Å². The Morgan fingerprint density at radius 2 is 2.12 bits per heavy atom. The highest BCUT2D eigenvalue weighted by molar-refractivity contribution is 7.91. The van der Waals surface area contributed by atoms with Crippen molar-refractivity contribution in [2.45, 2.75) is 6.42 Å². The van der Waals surface area contributed by atoms with Gasteiger partial charge in [0.1, 0.15) is 5.75 Å². The van der Waals surface area contributed by atoms with Crippen LogP contribution in [0.2, 0.25) is 5.02 Å². The number of benzene rings is 1. The number of aromatic nitrogens is 2. The van der Waals surface area contributed by atoms with Gasteiger partial charge in [0.15, 0.2) is 9.84 Å². The molecule has 0 N–H and O–H groups in total. The molecule has 0 amide bonds. The molecular weight excluding hydrogens is 360 g/mol. The molecule has 5 nitrogen and oxygen atoms in total. The summed E-state index contributed by atoms with van der Waals surface area (Å²) in [5.74, 6) is 1.13. The Hall–Kier alpha value is -2.05. The van der Waals surface area contributed by atoms with Crippen molar-refractivity contribution in [1.29, 1.82) is 0 Å². The monoisotopic (exact) mass is 376 g/mol. The first kappa shape index (κ1) is 16.4. The Morgan fingerprint density at radius 1 is 1.24 bits per heavy atom. The Bertz CT molecular complexity index is 1030. The van der Waals surface area contributed by atoms with Gasteiger partial charge in [0, 0.05) is 16.5 Å². The quantitative estimate of drug-likeness (QED) is 0.699. The van der Waals surface area contributed by atoms with Crippen LogP contribution in [0, 0.1) is 5.92 Å². The summed E-state index contributed by atoms with van der Waals surface area (Å²) in [5, 5.41) is 4.91. The van der Waals surface area contributed by atoms with Crippen molar-refractivity contribution >= 4 is 27.0 Å². The van der Waals surface area contributed by atoms with E-state index in [9.17, 15) is 8.42 Å². The molecule has 1 aromatic carbocycles. The highest BCUT2D eigenvalue weighted by atomic mass is 35.5. The van der Waals surface area contributed by atoms with Gasteiger partial charge in [-0.3, -0.25) is 0 Å². The molecule has 0 saturated carbocycles. The zero-order valence-corrected chi connectivity index (χ0v) is 15.0. The van der Waals surface area contributed by atoms with Crippen LogP contribution in [0.4, 0.5) is 0 Å². The molecule has 1 saturated heterocycles. The largest absolute Gasteiger partial charge is 0.493 e. The van der Waals surface area contributed by atoms with Crippen LogP contribution in [0.5, 0.6) is 5.75 Å². The van der Waals surface area contributed by atoms with E-state index in [-0.39, 0.29) is 17.4 Å². The number of sulfone groups is 1. The highest BCUT2D eigenvalue weighted by Gasteiger charge is 2.28. The first-order valence-electron chi connectivity index (χ1n) is 8.07. The lowest BCUT2D eigenvalue weighted by atomic mass is 10.1. The van der Waals surface area contributed by atoms with Crippen molar-refractivity contribution in [3.8, 4) is 17.0 Å². The van der Waals surface area contributed by atoms with Crippen LogP contribution >= 0.6 is 11.6 Å². The zero-order chi connectivity index (χ0) is 17.4. The maximum atomic E-state index is 11.6. The second kappa shape index (κ2) is 6.35. The first-order valence-corrected chi connectivity index (χ1v) is 10.3. The Morgan fingerprint density at radius 3 is 2.92 bits per heavy atom. The van der Waals surface area contributed by atoms with Gasteiger partial charge in [-0.25, -0.2) is 12.9 Å². The smallest absolute Gasteiger partial charge is 0.150 e. The summed E-state index contributed by atoms with van der Waals surface area (Å²) < 4.78 is 30.8. The standard InChI is InChI=1S/C18H17ClN2O3S/c19-15-8-14(18-3-1-2-16-4-6-20-21(16)18)9-17(10-15)24-11-13-5-7-25(22,23)12-13/h1-4,6,8-10,13H,5,7,11-12H2. The molecule has 2 aromatic heterocycles. The lowest BCUT2D eigenvalue weighted by molar-refractivity contribution is 0.263. The van der Waals surface area contributed by atoms with Crippen molar-refractivity contribution in [3.05, 3.63) is 53.7 Å². The SMILES string of the molecule is O=S1(=O)CCC(COc2cc(Cl)cc(-c3cccc4ccnn34)c2)C1. The van der Waals surface area contributed by atoms with E-state index in [1.807, 2.05) is 40.9 Å². The molecule has 130 valence electrons. The molecule has 1 unspecified atom stereocenters. The van der Waals surface area contributed by atoms with E-state index in [2.05, 4.69) is 5.10 Å². The maximum absolute atomic E-state index is 11.6. The number of ether oxygens (including phenoxy) is 1. The highest BCUT2D eigenvalue weighted by Crippen LogP contribution is 2.30. The number of halogens is 1. The fraction of sp³-hybridized carbons (Fsp3) is 0.278. The van der Waals surface area contributed by atoms with Gasteiger partial charge in [0.05, 0.1) is 35.5 Å². The van der Waals surface area contributed by atoms with Gasteiger partial charge in [-0.2, -0.15) is 5.10 Å². The summed E-state index contributed by atoms with van der Waals surface area (Å²) in [6.45, 7) is 0.380. The Labute approximate surface area is 151 Å². The minimum absolute atomic E-state index is 0.0435. The van der Waals surface area contributed by atoms with Gasteiger partial charge in [0.2, 0.25) is 0 Å². The maximum Gasteiger partial charge on any atom is 0.150 e. The average Bonchev–Trinajstić information content (AvgIpc) is 3.18. The number of nitrogens with zero attached hydrogens (tertiary/aromatic N) is 2. The van der Waals surface area contributed by atoms with Gasteiger partial charge >= 0.3 is 0 Å². The summed E-state index contributed by atoms with van der Waals surface area (Å²) in [4.78, 5) is 0. The van der Waals surface area contributed by atoms with Crippen molar-refractivity contribution in [1.82, 2.24) is 9.61 Å². The fourth-order valence-electron chi connectivity index (χ4n) is 3.18. The Balaban J connectivity index is 1.60. The van der Waals surface area contributed by atoms with Crippen LogP contribution in [0.1, 0.15) is 6.42 Å². The summed E-state index contributed by atoms with van der Waals surface area (Å²) >= 11 is 6.26. The molecule has 0 bridgehead atoms. The molecular formula is C18H17ClN2O3S. The normalized spacial score (nSPS) is 19.3. The molecule has 7 heteroatoms. The topological polar surface area (TPSA) is 60.7 Å². The van der Waals surface area contributed by atoms with Gasteiger partial charge in [-0.15, -0.1) is 0 Å². The van der Waals surface area contributed by atoms with E-state index in [0.29, 0.717) is 23.8 Å². The molecule has 0 radical (unpaired) electrons. The van der Waals surface area contributed by atoms with Gasteiger partial charge in [0.25, 0.3) is 0 Å². The number of fused-ring (bicyclic) bond motifs is 1. The third-order valence-electron chi connectivity index (χ3n) is 4.40. The lowest BCUT2D eigenvalue weighted by Gasteiger charge is -2.13. The predicted molar refractivity (Wildman–Crippen MR) is 97.9 cm³/mol. The molecule has 4 rings (SSSR count). The third-order valence-corrected chi connectivity index (χ3v) is 6.46. The van der Waals surface area contributed by atoms with E-state index in [1.54, 1.807) is 12.3 Å². The zero-order valence-electron chi connectivity index (χ0n) is 13.4. The van der Waals surface area contributed by atoms with Gasteiger partial charge in [-0.1, -0.05) is 17.7 Å². The molecule has 0 aliphatic carbocycles. The molecule has 3 heterocycles. The van der Waals surface area contributed by atoms with Gasteiger partial charge in [-0.05, 0) is 42.8 Å². The molecule has 1 aliphatic heterocycles. The average molecular weight is 377 g/mol. The van der Waals surface area contributed by atoms with Crippen LogP contribution in [0.15, 0.2) is 48.7 Å². The van der Waals surface area contributed by atoms with Crippen LogP contribution in [-0.2, 0) is 9.84 Å². The van der Waals surface area contributed by atoms with Crippen molar-refractivity contribution < 1.29 is 13.2 Å². The summed E-state index contributed by atoms with van der Waals surface area (Å²) in [6.07, 6.45) is 2.41. The van der Waals surface area contributed by atoms with E-state index in [0.717, 1.165) is 16.8 Å². The number of hydrogen-bond donors (Lipinski definition) is 0. The Kier molecular flexibility index (Phi) is 4.17. The lowest BCUT2D eigenvalue weighted by Crippen LogP contribution is -2.13. The molecule has 25 heavy (non-hydrogen) atoms. The minimum atomic E-state index is -2.89. The second-order valence-electron chi connectivity index (χ2n) is 6.33. The minimum Gasteiger partial charge on any atom is -0.493 e. The number of pyridine rings is 1. The van der Waals surface area contributed by atoms with Crippen LogP contribution in [0.3, 0.4) is 0 Å². The summed E-state index contributed by atoms with van der Waals surface area (Å²) in [6, 6.07) is 13.4. The second-order valence-corrected chi connectivity index (χ2v) is 9.00. The first-order chi connectivity index (χ1) is 12.0. The van der Waals surface area contributed by atoms with Crippen molar-refractivity contribution in [2.75, 3.05) is 18.1 Å². The fourth-order valence-corrected chi connectivity index (χ4v) is 5.24. The predicted octanol–water partition coefficient (Wildman–Crippen LogP) is 3.47. The van der Waals surface area contributed by atoms with Crippen molar-refractivity contribution in [2.24, 2.45) is 5.92 Å². The van der Waals surface area contributed by atoms with E-state index in [1.165, 1.54) is 0 Å². The molecule has 1 fully saturated rings. The van der Waals surface area contributed by atoms with Crippen LogP contribution in [0.25, 0.3) is 16.8 Å². The van der Waals surface area contributed by atoms with E-state index >= 15 is 0 Å². The number of rotatable bonds is 4. The van der Waals surface area contributed by atoms with Crippen molar-refractivity contribution in [3.63, 3.8) is 0 Å². The third kappa shape index (κ3) is 3.50. The molecule has 3 aromatic rings. The van der Waals surface area contributed by atoms with Crippen LogP contribution in [-0.4, -0.2) is 36.1 Å². The molecule has 1 aliphatic rings. The molecule has 1 atom stereocenters. The number of hydrogen-bond acceptors (Lipinski definition) is 4. The van der Waals surface area contributed by atoms with Gasteiger partial charge < -0.3 is 4.74 Å². The summed E-state index contributed by atoms with van der Waals surface area (Å²) in [5.41, 5.74) is 2.81. The van der Waals surface area contributed by atoms with E-state index in [4.69, 9.17) is 16.3 Å². The summed E-state index contributed by atoms with van der Waals surface area (Å²) in [7, 11) is -2.89.